The Morgan fingerprint density at radius 3 is 1.47 bits per heavy atom. The molecule has 8 nitrogen and oxygen atoms in total. The number of carbonyl (C=O) groups excluding carboxylic acids is 2. The van der Waals surface area contributed by atoms with Crippen molar-refractivity contribution >= 4 is 57.7 Å². The summed E-state index contributed by atoms with van der Waals surface area (Å²) >= 11 is 2.55. The molecule has 2 amide bonds. The molecule has 1 heterocycles. The molecule has 0 radical (unpaired) electrons. The maximum Gasteiger partial charge on any atom is 0.234 e. The van der Waals surface area contributed by atoms with Crippen molar-refractivity contribution in [2.24, 2.45) is 0 Å². The number of rotatable bonds is 12. The molecule has 10 heteroatoms. The predicted octanol–water partition coefficient (Wildman–Crippen LogP) is 5.89. The highest BCUT2D eigenvalue weighted by molar-refractivity contribution is 8.02. The first kappa shape index (κ1) is 27.3. The quantitative estimate of drug-likeness (QED) is 0.211. The minimum atomic E-state index is -0.196. The van der Waals surface area contributed by atoms with Gasteiger partial charge in [0.1, 0.15) is 21.6 Å². The highest BCUT2D eigenvalue weighted by atomic mass is 32.2. The van der Waals surface area contributed by atoms with E-state index in [0.29, 0.717) is 46.1 Å². The van der Waals surface area contributed by atoms with Crippen LogP contribution in [0.2, 0.25) is 0 Å². The van der Waals surface area contributed by atoms with Gasteiger partial charge < -0.3 is 20.1 Å². The van der Waals surface area contributed by atoms with Crippen LogP contribution in [0.5, 0.6) is 11.5 Å². The standard InChI is InChI=1S/C28H28N4O4S2/c1-3-35-23-15-9-7-13-21(23)29-25(33)17-37-27-28(32-20-12-6-5-11-19(20)31-27)38-18-26(34)30-22-14-8-10-16-24(22)36-4-2/h5-16H,3-4,17-18H2,1-2H3,(H,29,33)(H,30,34). The first-order chi connectivity index (χ1) is 18.6. The zero-order chi connectivity index (χ0) is 26.7. The fourth-order valence-corrected chi connectivity index (χ4v) is 5.20. The molecule has 0 bridgehead atoms. The summed E-state index contributed by atoms with van der Waals surface area (Å²) in [5, 5.41) is 6.97. The molecule has 0 aliphatic carbocycles. The highest BCUT2D eigenvalue weighted by Gasteiger charge is 2.16. The SMILES string of the molecule is CCOc1ccccc1NC(=O)CSc1nc2ccccc2nc1SCC(=O)Nc1ccccc1OCC. The third kappa shape index (κ3) is 7.39. The van der Waals surface area contributed by atoms with Crippen LogP contribution in [0, 0.1) is 0 Å². The Kier molecular flexibility index (Phi) is 9.83. The zero-order valence-electron chi connectivity index (χ0n) is 21.1. The topological polar surface area (TPSA) is 102 Å². The predicted molar refractivity (Wildman–Crippen MR) is 153 cm³/mol. The average Bonchev–Trinajstić information content (AvgIpc) is 2.93. The van der Waals surface area contributed by atoms with Crippen molar-refractivity contribution < 1.29 is 19.1 Å². The maximum atomic E-state index is 12.8. The summed E-state index contributed by atoms with van der Waals surface area (Å²) in [6.45, 7) is 4.79. The van der Waals surface area contributed by atoms with E-state index in [4.69, 9.17) is 19.4 Å². The van der Waals surface area contributed by atoms with Crippen LogP contribution in [0.15, 0.2) is 82.8 Å². The van der Waals surface area contributed by atoms with Gasteiger partial charge >= 0.3 is 0 Å². The number of anilines is 2. The van der Waals surface area contributed by atoms with Gasteiger partial charge in [0.2, 0.25) is 11.8 Å². The van der Waals surface area contributed by atoms with Crippen molar-refractivity contribution in [3.05, 3.63) is 72.8 Å². The normalized spacial score (nSPS) is 10.7. The number of fused-ring (bicyclic) bond motifs is 1. The van der Waals surface area contributed by atoms with Crippen LogP contribution in [0.4, 0.5) is 11.4 Å². The van der Waals surface area contributed by atoms with E-state index < -0.39 is 0 Å². The summed E-state index contributed by atoms with van der Waals surface area (Å²) in [5.41, 5.74) is 2.67. The largest absolute Gasteiger partial charge is 0.492 e. The molecule has 3 aromatic carbocycles. The van der Waals surface area contributed by atoms with Crippen LogP contribution in [-0.2, 0) is 9.59 Å². The van der Waals surface area contributed by atoms with Gasteiger partial charge in [-0.05, 0) is 50.2 Å². The number of amides is 2. The number of para-hydroxylation sites is 6. The molecular weight excluding hydrogens is 520 g/mol. The van der Waals surface area contributed by atoms with Gasteiger partial charge in [-0.1, -0.05) is 59.9 Å². The van der Waals surface area contributed by atoms with E-state index in [2.05, 4.69) is 10.6 Å². The molecule has 1 aromatic heterocycles. The minimum absolute atomic E-state index is 0.120. The number of thioether (sulfide) groups is 2. The Balaban J connectivity index is 1.45. The van der Waals surface area contributed by atoms with Gasteiger partial charge in [-0.2, -0.15) is 0 Å². The summed E-state index contributed by atoms with van der Waals surface area (Å²) < 4.78 is 11.2. The van der Waals surface area contributed by atoms with Gasteiger partial charge in [0.15, 0.2) is 0 Å². The molecule has 0 unspecified atom stereocenters. The van der Waals surface area contributed by atoms with Crippen LogP contribution >= 0.6 is 23.5 Å². The second-order valence-corrected chi connectivity index (χ2v) is 9.78. The molecule has 0 spiro atoms. The molecule has 0 fully saturated rings. The van der Waals surface area contributed by atoms with Crippen molar-refractivity contribution in [1.82, 2.24) is 9.97 Å². The molecule has 0 saturated carbocycles. The number of hydrogen-bond donors (Lipinski definition) is 2. The lowest BCUT2D eigenvalue weighted by Gasteiger charge is -2.13. The third-order valence-corrected chi connectivity index (χ3v) is 7.17. The lowest BCUT2D eigenvalue weighted by atomic mass is 10.3. The van der Waals surface area contributed by atoms with Gasteiger partial charge in [-0.15, -0.1) is 0 Å². The smallest absolute Gasteiger partial charge is 0.234 e. The summed E-state index contributed by atoms with van der Waals surface area (Å²) in [4.78, 5) is 35.0. The fraction of sp³-hybridized carbons (Fsp3) is 0.214. The molecule has 0 saturated heterocycles. The minimum Gasteiger partial charge on any atom is -0.492 e. The number of benzene rings is 3. The maximum absolute atomic E-state index is 12.8. The second-order valence-electron chi connectivity index (χ2n) is 7.85. The lowest BCUT2D eigenvalue weighted by molar-refractivity contribution is -0.114. The number of carbonyl (C=O) groups is 2. The van der Waals surface area contributed by atoms with Crippen molar-refractivity contribution in [2.45, 2.75) is 23.9 Å². The van der Waals surface area contributed by atoms with Crippen LogP contribution in [0.3, 0.4) is 0 Å². The number of aromatic nitrogens is 2. The Hall–Kier alpha value is -3.76. The average molecular weight is 549 g/mol. The number of nitrogens with one attached hydrogen (secondary N) is 2. The second kappa shape index (κ2) is 13.7. The van der Waals surface area contributed by atoms with Gasteiger partial charge in [0.25, 0.3) is 0 Å². The number of ether oxygens (including phenoxy) is 2. The van der Waals surface area contributed by atoms with E-state index in [0.717, 1.165) is 11.0 Å². The van der Waals surface area contributed by atoms with E-state index in [-0.39, 0.29) is 23.3 Å². The molecule has 2 N–H and O–H groups in total. The van der Waals surface area contributed by atoms with Crippen molar-refractivity contribution in [2.75, 3.05) is 35.4 Å². The molecule has 196 valence electrons. The van der Waals surface area contributed by atoms with E-state index in [9.17, 15) is 9.59 Å². The lowest BCUT2D eigenvalue weighted by Crippen LogP contribution is -2.16. The summed E-state index contributed by atoms with van der Waals surface area (Å²) in [7, 11) is 0. The number of nitrogens with zero attached hydrogens (tertiary/aromatic N) is 2. The first-order valence-electron chi connectivity index (χ1n) is 12.1. The Morgan fingerprint density at radius 2 is 1.05 bits per heavy atom. The number of hydrogen-bond acceptors (Lipinski definition) is 8. The Labute approximate surface area is 229 Å². The van der Waals surface area contributed by atoms with Gasteiger partial charge in [0, 0.05) is 0 Å². The molecule has 4 rings (SSSR count). The first-order valence-corrected chi connectivity index (χ1v) is 14.1. The summed E-state index contributed by atoms with van der Waals surface area (Å²) in [5.74, 6) is 1.08. The van der Waals surface area contributed by atoms with E-state index in [1.54, 1.807) is 12.1 Å². The van der Waals surface area contributed by atoms with Gasteiger partial charge in [-0.25, -0.2) is 9.97 Å². The van der Waals surface area contributed by atoms with Crippen LogP contribution < -0.4 is 20.1 Å². The molecule has 0 atom stereocenters. The molecule has 0 aliphatic heterocycles. The van der Waals surface area contributed by atoms with Crippen molar-refractivity contribution in [3.63, 3.8) is 0 Å². The molecule has 38 heavy (non-hydrogen) atoms. The summed E-state index contributed by atoms with van der Waals surface area (Å²) in [6.07, 6.45) is 0. The van der Waals surface area contributed by atoms with Crippen LogP contribution in [0.1, 0.15) is 13.8 Å². The Morgan fingerprint density at radius 1 is 0.658 bits per heavy atom. The Bertz CT molecular complexity index is 1310. The van der Waals surface area contributed by atoms with E-state index in [1.165, 1.54) is 23.5 Å². The van der Waals surface area contributed by atoms with E-state index in [1.807, 2.05) is 74.5 Å². The van der Waals surface area contributed by atoms with Crippen molar-refractivity contribution in [1.29, 1.82) is 0 Å². The molecular formula is C28H28N4O4S2. The van der Waals surface area contributed by atoms with Crippen LogP contribution in [0.25, 0.3) is 11.0 Å². The highest BCUT2D eigenvalue weighted by Crippen LogP contribution is 2.31. The molecule has 0 aliphatic rings. The molecule has 4 aromatic rings. The monoisotopic (exact) mass is 548 g/mol. The van der Waals surface area contributed by atoms with Crippen LogP contribution in [-0.4, -0.2) is 46.5 Å². The van der Waals surface area contributed by atoms with Crippen molar-refractivity contribution in [3.8, 4) is 11.5 Å². The van der Waals surface area contributed by atoms with Gasteiger partial charge in [0.05, 0.1) is 47.1 Å². The van der Waals surface area contributed by atoms with Gasteiger partial charge in [-0.3, -0.25) is 9.59 Å². The summed E-state index contributed by atoms with van der Waals surface area (Å²) in [6, 6.07) is 22.1. The fourth-order valence-electron chi connectivity index (χ4n) is 3.50. The zero-order valence-corrected chi connectivity index (χ0v) is 22.7. The third-order valence-electron chi connectivity index (χ3n) is 5.11. The van der Waals surface area contributed by atoms with E-state index >= 15 is 0 Å².